The van der Waals surface area contributed by atoms with Gasteiger partial charge in [-0.2, -0.15) is 0 Å². The van der Waals surface area contributed by atoms with Crippen molar-refractivity contribution < 1.29 is 4.79 Å². The van der Waals surface area contributed by atoms with Gasteiger partial charge in [0.25, 0.3) is 0 Å². The summed E-state index contributed by atoms with van der Waals surface area (Å²) >= 11 is 0. The van der Waals surface area contributed by atoms with Crippen LogP contribution in [-0.4, -0.2) is 5.78 Å². The van der Waals surface area contributed by atoms with Crippen LogP contribution in [0, 0.1) is 5.92 Å². The third-order valence-electron chi connectivity index (χ3n) is 3.47. The van der Waals surface area contributed by atoms with Gasteiger partial charge < -0.3 is 0 Å². The van der Waals surface area contributed by atoms with Crippen LogP contribution in [0.15, 0.2) is 11.6 Å². The fourth-order valence-corrected chi connectivity index (χ4v) is 2.44. The zero-order chi connectivity index (χ0) is 11.8. The Labute approximate surface area is 100 Å². The van der Waals surface area contributed by atoms with Gasteiger partial charge in [-0.1, -0.05) is 52.0 Å². The highest BCUT2D eigenvalue weighted by Gasteiger charge is 2.22. The summed E-state index contributed by atoms with van der Waals surface area (Å²) in [6.45, 7) is 4.43. The Morgan fingerprint density at radius 2 is 1.81 bits per heavy atom. The van der Waals surface area contributed by atoms with E-state index in [-0.39, 0.29) is 0 Å². The van der Waals surface area contributed by atoms with Gasteiger partial charge in [0.05, 0.1) is 0 Å². The second-order valence-electron chi connectivity index (χ2n) is 5.03. The monoisotopic (exact) mass is 222 g/mol. The number of carbonyl (C=O) groups excluding carboxylic acids is 1. The molecule has 0 bridgehead atoms. The SMILES string of the molecule is CCCCCC1=CC(CCCCC)CC1=O. The first-order chi connectivity index (χ1) is 7.77. The Balaban J connectivity index is 2.27. The predicted octanol–water partition coefficient (Wildman–Crippen LogP) is 4.66. The Kier molecular flexibility index (Phi) is 6.44. The van der Waals surface area contributed by atoms with Crippen LogP contribution in [-0.2, 0) is 4.79 Å². The van der Waals surface area contributed by atoms with Crippen LogP contribution in [0.3, 0.4) is 0 Å². The Hall–Kier alpha value is -0.590. The molecule has 0 saturated heterocycles. The van der Waals surface area contributed by atoms with Crippen molar-refractivity contribution in [3.05, 3.63) is 11.6 Å². The zero-order valence-electron chi connectivity index (χ0n) is 10.9. The van der Waals surface area contributed by atoms with E-state index in [9.17, 15) is 4.79 Å². The third kappa shape index (κ3) is 4.51. The van der Waals surface area contributed by atoms with E-state index in [1.165, 1.54) is 44.9 Å². The maximum absolute atomic E-state index is 11.7. The average Bonchev–Trinajstić information content (AvgIpc) is 2.61. The van der Waals surface area contributed by atoms with Crippen molar-refractivity contribution in [2.24, 2.45) is 5.92 Å². The Morgan fingerprint density at radius 1 is 1.12 bits per heavy atom. The van der Waals surface area contributed by atoms with Gasteiger partial charge in [0.15, 0.2) is 5.78 Å². The Morgan fingerprint density at radius 3 is 2.50 bits per heavy atom. The molecule has 0 saturated carbocycles. The van der Waals surface area contributed by atoms with Crippen molar-refractivity contribution in [1.29, 1.82) is 0 Å². The molecule has 92 valence electrons. The zero-order valence-corrected chi connectivity index (χ0v) is 10.9. The van der Waals surface area contributed by atoms with Crippen LogP contribution in [0.1, 0.15) is 71.6 Å². The highest BCUT2D eigenvalue weighted by Crippen LogP contribution is 2.28. The van der Waals surface area contributed by atoms with Gasteiger partial charge in [0.1, 0.15) is 0 Å². The van der Waals surface area contributed by atoms with E-state index in [4.69, 9.17) is 0 Å². The fraction of sp³-hybridized carbons (Fsp3) is 0.800. The number of carbonyl (C=O) groups is 1. The molecule has 1 atom stereocenters. The van der Waals surface area contributed by atoms with Crippen LogP contribution < -0.4 is 0 Å². The third-order valence-corrected chi connectivity index (χ3v) is 3.47. The topological polar surface area (TPSA) is 17.1 Å². The molecule has 0 aromatic carbocycles. The quantitative estimate of drug-likeness (QED) is 0.546. The van der Waals surface area contributed by atoms with Gasteiger partial charge in [0.2, 0.25) is 0 Å². The summed E-state index contributed by atoms with van der Waals surface area (Å²) in [4.78, 5) is 11.7. The van der Waals surface area contributed by atoms with Gasteiger partial charge in [-0.05, 0) is 30.8 Å². The summed E-state index contributed by atoms with van der Waals surface area (Å²) in [7, 11) is 0. The predicted molar refractivity (Wildman–Crippen MR) is 69.5 cm³/mol. The largest absolute Gasteiger partial charge is 0.295 e. The molecular weight excluding hydrogens is 196 g/mol. The van der Waals surface area contributed by atoms with Gasteiger partial charge in [-0.15, -0.1) is 0 Å². The summed E-state index contributed by atoms with van der Waals surface area (Å²) < 4.78 is 0. The molecule has 1 aliphatic carbocycles. The first kappa shape index (κ1) is 13.5. The molecule has 16 heavy (non-hydrogen) atoms. The molecule has 0 aromatic heterocycles. The van der Waals surface area contributed by atoms with Gasteiger partial charge >= 0.3 is 0 Å². The first-order valence-corrected chi connectivity index (χ1v) is 7.01. The van der Waals surface area contributed by atoms with Gasteiger partial charge in [-0.3, -0.25) is 4.79 Å². The van der Waals surface area contributed by atoms with Crippen LogP contribution in [0.4, 0.5) is 0 Å². The van der Waals surface area contributed by atoms with Crippen LogP contribution in [0.5, 0.6) is 0 Å². The molecular formula is C15H26O. The lowest BCUT2D eigenvalue weighted by molar-refractivity contribution is -0.115. The van der Waals surface area contributed by atoms with Gasteiger partial charge in [0, 0.05) is 6.42 Å². The molecule has 1 nitrogen and oxygen atoms in total. The van der Waals surface area contributed by atoms with E-state index < -0.39 is 0 Å². The molecule has 1 unspecified atom stereocenters. The number of Topliss-reactive ketones (excluding diaryl/α,β-unsaturated/α-hetero) is 1. The normalized spacial score (nSPS) is 20.2. The van der Waals surface area contributed by atoms with Crippen LogP contribution in [0.25, 0.3) is 0 Å². The molecule has 0 radical (unpaired) electrons. The van der Waals surface area contributed by atoms with Crippen molar-refractivity contribution in [3.63, 3.8) is 0 Å². The number of unbranched alkanes of at least 4 members (excludes halogenated alkanes) is 4. The number of ketones is 1. The van der Waals surface area contributed by atoms with Gasteiger partial charge in [-0.25, -0.2) is 0 Å². The van der Waals surface area contributed by atoms with E-state index >= 15 is 0 Å². The lowest BCUT2D eigenvalue weighted by Gasteiger charge is -2.04. The van der Waals surface area contributed by atoms with E-state index in [2.05, 4.69) is 19.9 Å². The summed E-state index contributed by atoms with van der Waals surface area (Å²) in [6.07, 6.45) is 12.9. The van der Waals surface area contributed by atoms with Crippen molar-refractivity contribution in [1.82, 2.24) is 0 Å². The molecule has 1 aliphatic rings. The lowest BCUT2D eigenvalue weighted by Crippen LogP contribution is -1.98. The van der Waals surface area contributed by atoms with Crippen LogP contribution >= 0.6 is 0 Å². The fourth-order valence-electron chi connectivity index (χ4n) is 2.44. The van der Waals surface area contributed by atoms with Crippen molar-refractivity contribution >= 4 is 5.78 Å². The van der Waals surface area contributed by atoms with Crippen molar-refractivity contribution in [2.75, 3.05) is 0 Å². The number of hydrogen-bond donors (Lipinski definition) is 0. The summed E-state index contributed by atoms with van der Waals surface area (Å²) in [5, 5.41) is 0. The van der Waals surface area contributed by atoms with Crippen molar-refractivity contribution in [2.45, 2.75) is 71.6 Å². The van der Waals surface area contributed by atoms with E-state index in [0.717, 1.165) is 18.4 Å². The number of allylic oxidation sites excluding steroid dienone is 2. The number of rotatable bonds is 8. The van der Waals surface area contributed by atoms with Crippen LogP contribution in [0.2, 0.25) is 0 Å². The van der Waals surface area contributed by atoms with E-state index in [0.29, 0.717) is 11.7 Å². The molecule has 1 heteroatoms. The standard InChI is InChI=1S/C15H26O/c1-3-5-7-9-13-11-14(15(16)12-13)10-8-6-4-2/h11,13H,3-10,12H2,1-2H3. The minimum absolute atomic E-state index is 0.428. The molecule has 0 spiro atoms. The molecule has 0 amide bonds. The lowest BCUT2D eigenvalue weighted by atomic mass is 10.0. The maximum Gasteiger partial charge on any atom is 0.159 e. The minimum Gasteiger partial charge on any atom is -0.295 e. The molecule has 1 rings (SSSR count). The average molecular weight is 222 g/mol. The molecule has 0 aliphatic heterocycles. The molecule has 0 heterocycles. The molecule has 0 N–H and O–H groups in total. The van der Waals surface area contributed by atoms with E-state index in [1.54, 1.807) is 0 Å². The second-order valence-corrected chi connectivity index (χ2v) is 5.03. The summed E-state index contributed by atoms with van der Waals surface area (Å²) in [5.41, 5.74) is 1.13. The minimum atomic E-state index is 0.428. The molecule has 0 fully saturated rings. The molecule has 0 aromatic rings. The second kappa shape index (κ2) is 7.65. The Bertz CT molecular complexity index is 240. The number of hydrogen-bond acceptors (Lipinski definition) is 1. The van der Waals surface area contributed by atoms with Crippen molar-refractivity contribution in [3.8, 4) is 0 Å². The summed E-state index contributed by atoms with van der Waals surface area (Å²) in [6, 6.07) is 0. The smallest absolute Gasteiger partial charge is 0.159 e. The highest BCUT2D eigenvalue weighted by atomic mass is 16.1. The first-order valence-electron chi connectivity index (χ1n) is 7.01. The van der Waals surface area contributed by atoms with E-state index in [1.807, 2.05) is 0 Å². The highest BCUT2D eigenvalue weighted by molar-refractivity contribution is 5.97. The summed E-state index contributed by atoms with van der Waals surface area (Å²) in [5.74, 6) is 0.994. The maximum atomic E-state index is 11.7.